The minimum atomic E-state index is -0.791. The number of nitrogens with one attached hydrogen (secondary N) is 1. The van der Waals surface area contributed by atoms with Gasteiger partial charge in [0.2, 0.25) is 5.91 Å². The largest absolute Gasteiger partial charge is 0.481 e. The SMILES string of the molecule is Clc1ccccc1C(Cl)(c1ccccc1)c1ccccc1.O=C(O)CCCCc1cccc(C[C@H](NC(=O)OCC2c3ccccc3-c3ccccc32)C(=O)N2CCCCC2)c1. The van der Waals surface area contributed by atoms with E-state index >= 15 is 0 Å². The average molecular weight is 868 g/mol. The standard InChI is InChI=1S/C34H38N2O5.C19H14Cl2/c37-32(38)18-7-2-11-24-12-10-13-25(21-24)22-31(33(39)36-19-8-1-9-20-36)35-34(40)41-23-30-28-16-5-3-14-26(28)27-15-4-6-17-29(27)30;20-18-14-8-7-13-17(18)19(21,15-9-3-1-4-10-15)16-11-5-2-6-12-16/h3-6,10,12-17,21,30-31H,1-2,7-9,11,18-20,22-23H2,(H,35,40)(H,37,38);1-14H/t31-;/m0./s1. The number of piperidine rings is 1. The van der Waals surface area contributed by atoms with E-state index in [0.29, 0.717) is 31.0 Å². The third-order valence-corrected chi connectivity index (χ3v) is 12.7. The molecule has 1 aliphatic heterocycles. The number of hydrogen-bond donors (Lipinski definition) is 2. The van der Waals surface area contributed by atoms with E-state index in [2.05, 4.69) is 35.6 Å². The lowest BCUT2D eigenvalue weighted by atomic mass is 9.84. The van der Waals surface area contributed by atoms with Crippen molar-refractivity contribution in [2.45, 2.75) is 68.2 Å². The lowest BCUT2D eigenvalue weighted by molar-refractivity contribution is -0.137. The molecule has 1 aliphatic carbocycles. The van der Waals surface area contributed by atoms with Gasteiger partial charge in [0.1, 0.15) is 17.5 Å². The maximum Gasteiger partial charge on any atom is 0.407 e. The molecule has 1 saturated heterocycles. The van der Waals surface area contributed by atoms with E-state index in [4.69, 9.17) is 33.0 Å². The molecule has 8 rings (SSSR count). The molecule has 9 heteroatoms. The molecule has 1 atom stereocenters. The molecule has 6 aromatic carbocycles. The topological polar surface area (TPSA) is 95.9 Å². The Bertz CT molecular complexity index is 2350. The van der Waals surface area contributed by atoms with Crippen LogP contribution in [0.2, 0.25) is 5.02 Å². The Morgan fingerprint density at radius 2 is 1.26 bits per heavy atom. The number of rotatable bonds is 14. The lowest BCUT2D eigenvalue weighted by Crippen LogP contribution is -2.51. The average Bonchev–Trinajstić information content (AvgIpc) is 3.63. The van der Waals surface area contributed by atoms with Gasteiger partial charge in [-0.05, 0) is 89.1 Å². The van der Waals surface area contributed by atoms with Crippen molar-refractivity contribution in [2.75, 3.05) is 19.7 Å². The second kappa shape index (κ2) is 21.3. The highest BCUT2D eigenvalue weighted by Gasteiger charge is 2.36. The maximum absolute atomic E-state index is 13.6. The van der Waals surface area contributed by atoms with Crippen molar-refractivity contribution in [2.24, 2.45) is 0 Å². The zero-order chi connectivity index (χ0) is 43.3. The molecule has 62 heavy (non-hydrogen) atoms. The molecule has 0 unspecified atom stereocenters. The predicted octanol–water partition coefficient (Wildman–Crippen LogP) is 11.8. The number of benzene rings is 6. The Morgan fingerprint density at radius 1 is 0.694 bits per heavy atom. The number of carboxylic acids is 1. The summed E-state index contributed by atoms with van der Waals surface area (Å²) in [6.07, 6.45) is 5.16. The molecule has 1 fully saturated rings. The van der Waals surface area contributed by atoms with E-state index in [1.807, 2.05) is 132 Å². The summed E-state index contributed by atoms with van der Waals surface area (Å²) in [5.74, 6) is -0.913. The third kappa shape index (κ3) is 10.8. The van der Waals surface area contributed by atoms with E-state index in [0.717, 1.165) is 82.2 Å². The van der Waals surface area contributed by atoms with Gasteiger partial charge in [-0.25, -0.2) is 4.79 Å². The van der Waals surface area contributed by atoms with Gasteiger partial charge in [-0.1, -0.05) is 163 Å². The number of nitrogens with zero attached hydrogens (tertiary/aromatic N) is 1. The summed E-state index contributed by atoms with van der Waals surface area (Å²) < 4.78 is 5.79. The molecule has 2 N–H and O–H groups in total. The molecule has 7 nitrogen and oxygen atoms in total. The summed E-state index contributed by atoms with van der Waals surface area (Å²) in [4.78, 5) is 38.6. The number of alkyl halides is 1. The number of carboxylic acid groups (broad SMARTS) is 1. The molecule has 318 valence electrons. The van der Waals surface area contributed by atoms with E-state index in [9.17, 15) is 14.4 Å². The number of unbranched alkanes of at least 4 members (excludes halogenated alkanes) is 1. The normalized spacial score (nSPS) is 13.8. The number of aryl methyl sites for hydroxylation is 1. The third-order valence-electron chi connectivity index (χ3n) is 11.7. The monoisotopic (exact) mass is 866 g/mol. The predicted molar refractivity (Wildman–Crippen MR) is 248 cm³/mol. The van der Waals surface area contributed by atoms with Crippen LogP contribution in [0.3, 0.4) is 0 Å². The molecule has 0 spiro atoms. The minimum absolute atomic E-state index is 0.0535. The number of hydrogen-bond acceptors (Lipinski definition) is 4. The molecular weight excluding hydrogens is 815 g/mol. The van der Waals surface area contributed by atoms with Gasteiger partial charge in [-0.3, -0.25) is 9.59 Å². The second-order valence-electron chi connectivity index (χ2n) is 15.9. The lowest BCUT2D eigenvalue weighted by Gasteiger charge is -2.31. The van der Waals surface area contributed by atoms with E-state index < -0.39 is 23.0 Å². The Morgan fingerprint density at radius 3 is 1.87 bits per heavy atom. The Labute approximate surface area is 374 Å². The first-order chi connectivity index (χ1) is 30.2. The molecule has 0 aromatic heterocycles. The van der Waals surface area contributed by atoms with Crippen LogP contribution in [0.25, 0.3) is 11.1 Å². The molecule has 1 heterocycles. The van der Waals surface area contributed by atoms with Gasteiger partial charge >= 0.3 is 12.1 Å². The highest BCUT2D eigenvalue weighted by atomic mass is 35.5. The van der Waals surface area contributed by atoms with Crippen molar-refractivity contribution in [1.29, 1.82) is 0 Å². The van der Waals surface area contributed by atoms with Crippen LogP contribution in [0, 0.1) is 0 Å². The van der Waals surface area contributed by atoms with Crippen LogP contribution >= 0.6 is 23.2 Å². The van der Waals surface area contributed by atoms with Crippen LogP contribution in [0.4, 0.5) is 4.79 Å². The molecular formula is C53H52Cl2N2O5. The quantitative estimate of drug-likeness (QED) is 0.0646. The van der Waals surface area contributed by atoms with Crippen LogP contribution in [-0.2, 0) is 32.0 Å². The van der Waals surface area contributed by atoms with Crippen LogP contribution in [-0.4, -0.2) is 53.7 Å². The number of alkyl carbamates (subject to hydrolysis) is 1. The van der Waals surface area contributed by atoms with Crippen molar-refractivity contribution in [3.63, 3.8) is 0 Å². The summed E-state index contributed by atoms with van der Waals surface area (Å²) >= 11 is 13.6. The fourth-order valence-corrected chi connectivity index (χ4v) is 9.37. The number of carbonyl (C=O) groups excluding carboxylic acids is 2. The molecule has 2 aliphatic rings. The summed E-state index contributed by atoms with van der Waals surface area (Å²) in [6, 6.07) is 51.5. The molecule has 2 amide bonds. The van der Waals surface area contributed by atoms with Gasteiger partial charge < -0.3 is 20.1 Å². The first kappa shape index (κ1) is 44.2. The number of carbonyl (C=O) groups is 3. The Kier molecular flexibility index (Phi) is 15.2. The first-order valence-corrected chi connectivity index (χ1v) is 22.2. The molecule has 0 radical (unpaired) electrons. The van der Waals surface area contributed by atoms with Crippen LogP contribution < -0.4 is 5.32 Å². The number of fused-ring (bicyclic) bond motifs is 3. The van der Waals surface area contributed by atoms with Gasteiger partial charge in [0.05, 0.1) is 0 Å². The summed E-state index contributed by atoms with van der Waals surface area (Å²) in [6.45, 7) is 1.59. The number of likely N-dealkylation sites (tertiary alicyclic amines) is 1. The number of amides is 2. The zero-order valence-electron chi connectivity index (χ0n) is 34.7. The number of halogens is 2. The van der Waals surface area contributed by atoms with Gasteiger partial charge in [-0.15, -0.1) is 11.6 Å². The summed E-state index contributed by atoms with van der Waals surface area (Å²) in [7, 11) is 0. The van der Waals surface area contributed by atoms with Crippen LogP contribution in [0.5, 0.6) is 0 Å². The van der Waals surface area contributed by atoms with Crippen LogP contribution in [0.15, 0.2) is 158 Å². The second-order valence-corrected chi connectivity index (χ2v) is 16.9. The zero-order valence-corrected chi connectivity index (χ0v) is 36.2. The maximum atomic E-state index is 13.6. The Hall–Kier alpha value is -5.89. The number of aliphatic carboxylic acids is 1. The van der Waals surface area contributed by atoms with E-state index in [1.54, 1.807) is 0 Å². The smallest absolute Gasteiger partial charge is 0.407 e. The molecule has 0 saturated carbocycles. The van der Waals surface area contributed by atoms with E-state index in [1.165, 1.54) is 0 Å². The van der Waals surface area contributed by atoms with Crippen molar-refractivity contribution < 1.29 is 24.2 Å². The van der Waals surface area contributed by atoms with Crippen molar-refractivity contribution in [3.05, 3.63) is 202 Å². The van der Waals surface area contributed by atoms with Crippen molar-refractivity contribution in [3.8, 4) is 11.1 Å². The summed E-state index contributed by atoms with van der Waals surface area (Å²) in [5.41, 5.74) is 9.57. The van der Waals surface area contributed by atoms with Crippen LogP contribution in [0.1, 0.15) is 83.4 Å². The summed E-state index contributed by atoms with van der Waals surface area (Å²) in [5, 5.41) is 12.5. The van der Waals surface area contributed by atoms with Crippen molar-refractivity contribution in [1.82, 2.24) is 10.2 Å². The van der Waals surface area contributed by atoms with E-state index in [-0.39, 0.29) is 24.9 Å². The minimum Gasteiger partial charge on any atom is -0.481 e. The molecule has 0 bridgehead atoms. The van der Waals surface area contributed by atoms with Gasteiger partial charge in [0, 0.05) is 42.4 Å². The fraction of sp³-hybridized carbons (Fsp3) is 0.264. The van der Waals surface area contributed by atoms with Gasteiger partial charge in [-0.2, -0.15) is 0 Å². The fourth-order valence-electron chi connectivity index (χ4n) is 8.62. The number of ether oxygens (including phenoxy) is 1. The first-order valence-electron chi connectivity index (χ1n) is 21.5. The highest BCUT2D eigenvalue weighted by Crippen LogP contribution is 2.46. The Balaban J connectivity index is 0.000000230. The van der Waals surface area contributed by atoms with Gasteiger partial charge in [0.25, 0.3) is 0 Å². The van der Waals surface area contributed by atoms with Gasteiger partial charge in [0.15, 0.2) is 0 Å². The molecule has 6 aromatic rings. The highest BCUT2D eigenvalue weighted by molar-refractivity contribution is 6.34. The van der Waals surface area contributed by atoms with Crippen molar-refractivity contribution >= 4 is 41.2 Å².